The Morgan fingerprint density at radius 1 is 1.11 bits per heavy atom. The van der Waals surface area contributed by atoms with E-state index in [1.807, 2.05) is 0 Å². The number of benzene rings is 2. The Hall–Kier alpha value is -4.35. The summed E-state index contributed by atoms with van der Waals surface area (Å²) in [5.41, 5.74) is -3.80. The SMILES string of the molecule is CC1=NN(c2ccc(OC(F)F)c(-c3ccncc3)c2)C(=O)C1(F)C(=O)Nc1cccc(C(C)(F)F)c1. The largest absolute Gasteiger partial charge is 0.434 e. The number of ether oxygens (including phenoxy) is 1. The topological polar surface area (TPSA) is 83.9 Å². The van der Waals surface area contributed by atoms with Crippen LogP contribution in [0.1, 0.15) is 19.4 Å². The Morgan fingerprint density at radius 3 is 2.46 bits per heavy atom. The number of pyridine rings is 1. The molecule has 192 valence electrons. The van der Waals surface area contributed by atoms with E-state index in [0.717, 1.165) is 25.1 Å². The summed E-state index contributed by atoms with van der Waals surface area (Å²) in [6.07, 6.45) is 2.83. The second-order valence-electron chi connectivity index (χ2n) is 8.18. The van der Waals surface area contributed by atoms with Crippen LogP contribution in [0.2, 0.25) is 0 Å². The molecule has 1 N–H and O–H groups in total. The van der Waals surface area contributed by atoms with Crippen LogP contribution in [-0.2, 0) is 15.5 Å². The minimum Gasteiger partial charge on any atom is -0.434 e. The maximum atomic E-state index is 15.9. The molecule has 0 bridgehead atoms. The second kappa shape index (κ2) is 9.60. The normalized spacial score (nSPS) is 17.7. The first-order valence-electron chi connectivity index (χ1n) is 10.8. The fourth-order valence-corrected chi connectivity index (χ4v) is 3.69. The van der Waals surface area contributed by atoms with Crippen molar-refractivity contribution < 1.29 is 36.3 Å². The van der Waals surface area contributed by atoms with E-state index in [9.17, 15) is 27.2 Å². The smallest absolute Gasteiger partial charge is 0.387 e. The number of amides is 2. The predicted octanol–water partition coefficient (Wildman–Crippen LogP) is 5.53. The number of nitrogens with one attached hydrogen (secondary N) is 1. The summed E-state index contributed by atoms with van der Waals surface area (Å²) in [5.74, 6) is -6.22. The molecule has 0 spiro atoms. The van der Waals surface area contributed by atoms with Gasteiger partial charge >= 0.3 is 18.2 Å². The number of hydrogen-bond acceptors (Lipinski definition) is 5. The number of anilines is 2. The van der Waals surface area contributed by atoms with Crippen molar-refractivity contribution in [1.82, 2.24) is 4.98 Å². The number of alkyl halides is 5. The number of nitrogens with zero attached hydrogens (tertiary/aromatic N) is 3. The second-order valence-corrected chi connectivity index (χ2v) is 8.18. The van der Waals surface area contributed by atoms with Gasteiger partial charge in [0.2, 0.25) is 0 Å². The molecule has 2 heterocycles. The van der Waals surface area contributed by atoms with Gasteiger partial charge in [-0.3, -0.25) is 14.6 Å². The zero-order valence-corrected chi connectivity index (χ0v) is 19.4. The summed E-state index contributed by atoms with van der Waals surface area (Å²) in [6.45, 7) is -1.35. The molecular weight excluding hydrogens is 499 g/mol. The van der Waals surface area contributed by atoms with E-state index in [1.54, 1.807) is 0 Å². The fourth-order valence-electron chi connectivity index (χ4n) is 3.69. The molecule has 4 rings (SSSR count). The summed E-state index contributed by atoms with van der Waals surface area (Å²) >= 11 is 0. The third kappa shape index (κ3) is 4.99. The maximum absolute atomic E-state index is 15.9. The Balaban J connectivity index is 1.65. The van der Waals surface area contributed by atoms with Crippen molar-refractivity contribution >= 4 is 28.9 Å². The van der Waals surface area contributed by atoms with E-state index in [1.165, 1.54) is 48.8 Å². The van der Waals surface area contributed by atoms with Crippen LogP contribution in [0.25, 0.3) is 11.1 Å². The molecule has 7 nitrogen and oxygen atoms in total. The lowest BCUT2D eigenvalue weighted by Gasteiger charge is -2.21. The Morgan fingerprint density at radius 2 is 1.81 bits per heavy atom. The van der Waals surface area contributed by atoms with Crippen LogP contribution in [0.3, 0.4) is 0 Å². The quantitative estimate of drug-likeness (QED) is 0.329. The zero-order valence-electron chi connectivity index (χ0n) is 19.4. The number of carbonyl (C=O) groups is 2. The van der Waals surface area contributed by atoms with Gasteiger partial charge < -0.3 is 10.1 Å². The summed E-state index contributed by atoms with van der Waals surface area (Å²) in [4.78, 5) is 29.8. The molecule has 0 saturated heterocycles. The fraction of sp³-hybridized carbons (Fsp3) is 0.200. The first-order valence-corrected chi connectivity index (χ1v) is 10.8. The lowest BCUT2D eigenvalue weighted by atomic mass is 9.98. The number of aromatic nitrogens is 1. The molecular formula is C25H19F5N4O3. The maximum Gasteiger partial charge on any atom is 0.387 e. The molecule has 1 aliphatic rings. The van der Waals surface area contributed by atoms with Crippen LogP contribution in [0.15, 0.2) is 72.1 Å². The van der Waals surface area contributed by atoms with E-state index in [0.29, 0.717) is 17.5 Å². The molecule has 2 amide bonds. The third-order valence-electron chi connectivity index (χ3n) is 5.59. The molecule has 1 atom stereocenters. The lowest BCUT2D eigenvalue weighted by Crippen LogP contribution is -2.51. The Bertz CT molecular complexity index is 1380. The van der Waals surface area contributed by atoms with Crippen molar-refractivity contribution in [3.8, 4) is 16.9 Å². The molecule has 1 aliphatic heterocycles. The van der Waals surface area contributed by atoms with E-state index in [2.05, 4.69) is 20.1 Å². The third-order valence-corrected chi connectivity index (χ3v) is 5.59. The van der Waals surface area contributed by atoms with Crippen LogP contribution in [0.4, 0.5) is 33.3 Å². The standard InChI is InChI=1S/C25H19F5N4O3/c1-14-25(30,21(35)32-17-5-3-4-16(12-17)24(2,28)29)22(36)34(33-14)18-6-7-20(37-23(26)27)19(13-18)15-8-10-31-11-9-15/h3-13,23H,1-2H3,(H,32,35). The molecule has 0 radical (unpaired) electrons. The average molecular weight is 518 g/mol. The van der Waals surface area contributed by atoms with E-state index in [4.69, 9.17) is 0 Å². The molecule has 2 aromatic carbocycles. The van der Waals surface area contributed by atoms with E-state index < -0.39 is 41.3 Å². The molecule has 0 aliphatic carbocycles. The highest BCUT2D eigenvalue weighted by molar-refractivity contribution is 6.36. The van der Waals surface area contributed by atoms with E-state index in [-0.39, 0.29) is 22.7 Å². The molecule has 0 saturated carbocycles. The summed E-state index contributed by atoms with van der Waals surface area (Å²) in [7, 11) is 0. The number of halogens is 5. The number of hydrogen-bond donors (Lipinski definition) is 1. The minimum absolute atomic E-state index is 0.0299. The first kappa shape index (κ1) is 25.7. The van der Waals surface area contributed by atoms with Crippen LogP contribution < -0.4 is 15.1 Å². The molecule has 0 fully saturated rings. The highest BCUT2D eigenvalue weighted by atomic mass is 19.3. The molecule has 3 aromatic rings. The van der Waals surface area contributed by atoms with E-state index >= 15 is 4.39 Å². The Labute approximate surface area is 207 Å². The van der Waals surface area contributed by atoms with Gasteiger partial charge in [-0.05, 0) is 55.0 Å². The highest BCUT2D eigenvalue weighted by Gasteiger charge is 2.57. The summed E-state index contributed by atoms with van der Waals surface area (Å²) in [6, 6.07) is 11.3. The predicted molar refractivity (Wildman–Crippen MR) is 125 cm³/mol. The number of rotatable bonds is 7. The molecule has 1 aromatic heterocycles. The lowest BCUT2D eigenvalue weighted by molar-refractivity contribution is -0.135. The average Bonchev–Trinajstić information content (AvgIpc) is 3.09. The van der Waals surface area contributed by atoms with Gasteiger partial charge in [-0.25, -0.2) is 13.2 Å². The molecule has 1 unspecified atom stereocenters. The number of hydrazone groups is 1. The molecule has 12 heteroatoms. The first-order chi connectivity index (χ1) is 17.4. The van der Waals surface area contributed by atoms with Crippen molar-refractivity contribution in [2.75, 3.05) is 10.3 Å². The van der Waals surface area contributed by atoms with Gasteiger partial charge in [0.05, 0.1) is 11.4 Å². The van der Waals surface area contributed by atoms with Crippen molar-refractivity contribution in [2.45, 2.75) is 32.1 Å². The monoisotopic (exact) mass is 518 g/mol. The van der Waals surface area contributed by atoms with Gasteiger partial charge in [0.1, 0.15) is 5.75 Å². The van der Waals surface area contributed by atoms with Gasteiger partial charge in [0.15, 0.2) is 0 Å². The molecule has 37 heavy (non-hydrogen) atoms. The van der Waals surface area contributed by atoms with Crippen molar-refractivity contribution in [2.24, 2.45) is 5.10 Å². The summed E-state index contributed by atoms with van der Waals surface area (Å²) < 4.78 is 73.6. The van der Waals surface area contributed by atoms with Crippen LogP contribution in [0, 0.1) is 0 Å². The number of carbonyl (C=O) groups excluding carboxylic acids is 2. The van der Waals surface area contributed by atoms with Gasteiger partial charge in [-0.1, -0.05) is 12.1 Å². The Kier molecular flexibility index (Phi) is 6.68. The van der Waals surface area contributed by atoms with Crippen LogP contribution in [0.5, 0.6) is 5.75 Å². The van der Waals surface area contributed by atoms with Crippen molar-refractivity contribution in [3.05, 3.63) is 72.6 Å². The minimum atomic E-state index is -3.25. The van der Waals surface area contributed by atoms with Crippen molar-refractivity contribution in [1.29, 1.82) is 0 Å². The van der Waals surface area contributed by atoms with Gasteiger partial charge in [-0.2, -0.15) is 18.9 Å². The highest BCUT2D eigenvalue weighted by Crippen LogP contribution is 2.38. The zero-order chi connectivity index (χ0) is 27.0. The van der Waals surface area contributed by atoms with Crippen LogP contribution in [-0.4, -0.2) is 34.8 Å². The van der Waals surface area contributed by atoms with Gasteiger partial charge in [0.25, 0.3) is 11.8 Å². The van der Waals surface area contributed by atoms with Gasteiger partial charge in [0, 0.05) is 36.1 Å². The summed E-state index contributed by atoms with van der Waals surface area (Å²) in [5, 5.41) is 6.66. The van der Waals surface area contributed by atoms with Crippen molar-refractivity contribution in [3.63, 3.8) is 0 Å². The van der Waals surface area contributed by atoms with Gasteiger partial charge in [-0.15, -0.1) is 0 Å². The van der Waals surface area contributed by atoms with Crippen LogP contribution >= 0.6 is 0 Å².